The summed E-state index contributed by atoms with van der Waals surface area (Å²) in [5, 5.41) is 7.28. The maximum Gasteiger partial charge on any atom is 0.325 e. The second kappa shape index (κ2) is 6.48. The van der Waals surface area contributed by atoms with Crippen molar-refractivity contribution in [2.24, 2.45) is 0 Å². The van der Waals surface area contributed by atoms with E-state index in [2.05, 4.69) is 10.6 Å². The molecule has 0 aliphatic carbocycles. The normalized spacial score (nSPS) is 20.3. The summed E-state index contributed by atoms with van der Waals surface area (Å²) in [6, 6.07) is 6.59. The molecular formula is C16H17N3O4S. The Morgan fingerprint density at radius 1 is 1.38 bits per heavy atom. The van der Waals surface area contributed by atoms with Gasteiger partial charge in [0.05, 0.1) is 6.26 Å². The van der Waals surface area contributed by atoms with Gasteiger partial charge in [0.2, 0.25) is 5.91 Å². The van der Waals surface area contributed by atoms with Crippen LogP contribution in [-0.4, -0.2) is 35.8 Å². The van der Waals surface area contributed by atoms with Crippen molar-refractivity contribution >= 4 is 29.2 Å². The molecule has 2 aromatic rings. The van der Waals surface area contributed by atoms with Gasteiger partial charge in [-0.1, -0.05) is 6.07 Å². The molecule has 0 saturated carbocycles. The van der Waals surface area contributed by atoms with Gasteiger partial charge in [0.1, 0.15) is 12.3 Å². The van der Waals surface area contributed by atoms with Crippen LogP contribution in [0, 0.1) is 0 Å². The second-order valence-electron chi connectivity index (χ2n) is 5.60. The zero-order valence-electron chi connectivity index (χ0n) is 13.1. The number of carbonyl (C=O) groups excluding carboxylic acids is 3. The van der Waals surface area contributed by atoms with Gasteiger partial charge in [0.15, 0.2) is 5.54 Å². The number of amides is 4. The van der Waals surface area contributed by atoms with Crippen molar-refractivity contribution in [1.29, 1.82) is 0 Å². The van der Waals surface area contributed by atoms with Crippen LogP contribution in [0.25, 0.3) is 0 Å². The lowest BCUT2D eigenvalue weighted by Crippen LogP contribution is -2.43. The topological polar surface area (TPSA) is 91.7 Å². The standard InChI is InChI=1S/C16H17N3O4S/c1-16(12-5-2-8-23-12)14(21)19(15(22)18-16)10-13(20)17-7-6-11-4-3-9-24-11/h2-5,8-9H,6-7,10H2,1H3,(H,17,20)(H,18,22)/t16-/m0/s1. The fourth-order valence-corrected chi connectivity index (χ4v) is 3.26. The van der Waals surface area contributed by atoms with Crippen molar-refractivity contribution in [3.63, 3.8) is 0 Å². The van der Waals surface area contributed by atoms with Gasteiger partial charge < -0.3 is 15.1 Å². The number of nitrogens with one attached hydrogen (secondary N) is 2. The molecule has 0 unspecified atom stereocenters. The lowest BCUT2D eigenvalue weighted by atomic mass is 9.99. The van der Waals surface area contributed by atoms with Gasteiger partial charge in [-0.25, -0.2) is 4.79 Å². The minimum Gasteiger partial charge on any atom is -0.466 e. The Balaban J connectivity index is 1.57. The summed E-state index contributed by atoms with van der Waals surface area (Å²) in [5.74, 6) is -0.545. The molecule has 8 heteroatoms. The number of rotatable bonds is 6. The van der Waals surface area contributed by atoms with Crippen LogP contribution in [-0.2, 0) is 21.5 Å². The van der Waals surface area contributed by atoms with Crippen LogP contribution in [0.4, 0.5) is 4.79 Å². The van der Waals surface area contributed by atoms with E-state index >= 15 is 0 Å². The third kappa shape index (κ3) is 3.05. The largest absolute Gasteiger partial charge is 0.466 e. The molecular weight excluding hydrogens is 330 g/mol. The molecule has 4 amide bonds. The molecule has 2 aromatic heterocycles. The van der Waals surface area contributed by atoms with Crippen LogP contribution < -0.4 is 10.6 Å². The molecule has 0 bridgehead atoms. The van der Waals surface area contributed by atoms with Gasteiger partial charge in [-0.2, -0.15) is 0 Å². The minimum absolute atomic E-state index is 0.314. The van der Waals surface area contributed by atoms with Crippen molar-refractivity contribution in [2.45, 2.75) is 18.9 Å². The molecule has 1 aliphatic rings. The van der Waals surface area contributed by atoms with Crippen molar-refractivity contribution in [2.75, 3.05) is 13.1 Å². The molecule has 1 atom stereocenters. The van der Waals surface area contributed by atoms with Crippen molar-refractivity contribution in [3.05, 3.63) is 46.5 Å². The fourth-order valence-electron chi connectivity index (χ4n) is 2.55. The molecule has 3 heterocycles. The lowest BCUT2D eigenvalue weighted by Gasteiger charge is -2.18. The van der Waals surface area contributed by atoms with Crippen LogP contribution >= 0.6 is 11.3 Å². The average molecular weight is 347 g/mol. The van der Waals surface area contributed by atoms with Gasteiger partial charge in [0, 0.05) is 11.4 Å². The number of urea groups is 1. The van der Waals surface area contributed by atoms with Crippen LogP contribution in [0.5, 0.6) is 0 Å². The molecule has 1 fully saturated rings. The predicted molar refractivity (Wildman–Crippen MR) is 87.3 cm³/mol. The maximum absolute atomic E-state index is 12.5. The second-order valence-corrected chi connectivity index (χ2v) is 6.64. The molecule has 7 nitrogen and oxygen atoms in total. The van der Waals surface area contributed by atoms with Gasteiger partial charge in [-0.15, -0.1) is 11.3 Å². The smallest absolute Gasteiger partial charge is 0.325 e. The summed E-state index contributed by atoms with van der Waals surface area (Å²) >= 11 is 1.62. The number of hydrogen-bond donors (Lipinski definition) is 2. The summed E-state index contributed by atoms with van der Waals surface area (Å²) < 4.78 is 5.24. The van der Waals surface area contributed by atoms with Crippen LogP contribution in [0.3, 0.4) is 0 Å². The van der Waals surface area contributed by atoms with Crippen molar-refractivity contribution in [3.8, 4) is 0 Å². The highest BCUT2D eigenvalue weighted by atomic mass is 32.1. The van der Waals surface area contributed by atoms with Crippen molar-refractivity contribution in [1.82, 2.24) is 15.5 Å². The Morgan fingerprint density at radius 2 is 2.21 bits per heavy atom. The quantitative estimate of drug-likeness (QED) is 0.774. The van der Waals surface area contributed by atoms with E-state index in [4.69, 9.17) is 4.42 Å². The van der Waals surface area contributed by atoms with Crippen molar-refractivity contribution < 1.29 is 18.8 Å². The third-order valence-corrected chi connectivity index (χ3v) is 4.80. The van der Waals surface area contributed by atoms with Gasteiger partial charge in [-0.3, -0.25) is 14.5 Å². The zero-order valence-corrected chi connectivity index (χ0v) is 13.9. The van der Waals surface area contributed by atoms with E-state index in [0.717, 1.165) is 9.78 Å². The SMILES string of the molecule is C[C@@]1(c2ccco2)NC(=O)N(CC(=O)NCCc2cccs2)C1=O. The first-order chi connectivity index (χ1) is 11.5. The summed E-state index contributed by atoms with van der Waals surface area (Å²) in [6.45, 7) is 1.70. The number of nitrogens with zero attached hydrogens (tertiary/aromatic N) is 1. The Morgan fingerprint density at radius 3 is 2.88 bits per heavy atom. The monoisotopic (exact) mass is 347 g/mol. The molecule has 1 aliphatic heterocycles. The lowest BCUT2D eigenvalue weighted by molar-refractivity contribution is -0.135. The highest BCUT2D eigenvalue weighted by Crippen LogP contribution is 2.28. The van der Waals surface area contributed by atoms with Crippen LogP contribution in [0.1, 0.15) is 17.6 Å². The Bertz CT molecular complexity index is 741. The zero-order chi connectivity index (χ0) is 17.2. The highest BCUT2D eigenvalue weighted by Gasteiger charge is 2.51. The predicted octanol–water partition coefficient (Wildman–Crippen LogP) is 1.47. The number of carbonyl (C=O) groups is 3. The number of hydrogen-bond acceptors (Lipinski definition) is 5. The highest BCUT2D eigenvalue weighted by molar-refractivity contribution is 7.09. The molecule has 3 rings (SSSR count). The number of thiophene rings is 1. The molecule has 0 spiro atoms. The fraction of sp³-hybridized carbons (Fsp3) is 0.312. The van der Waals surface area contributed by atoms with E-state index in [9.17, 15) is 14.4 Å². The molecule has 0 aromatic carbocycles. The molecule has 2 N–H and O–H groups in total. The summed E-state index contributed by atoms with van der Waals surface area (Å²) in [5.41, 5.74) is -1.28. The van der Waals surface area contributed by atoms with Crippen LogP contribution in [0.15, 0.2) is 40.3 Å². The Hall–Kier alpha value is -2.61. The van der Waals surface area contributed by atoms with Crippen LogP contribution in [0.2, 0.25) is 0 Å². The molecule has 24 heavy (non-hydrogen) atoms. The molecule has 0 radical (unpaired) electrons. The summed E-state index contributed by atoms with van der Waals surface area (Å²) in [7, 11) is 0. The Kier molecular flexibility index (Phi) is 4.39. The van der Waals surface area contributed by atoms with Gasteiger partial charge in [-0.05, 0) is 36.9 Å². The minimum atomic E-state index is -1.28. The van der Waals surface area contributed by atoms with E-state index < -0.39 is 17.5 Å². The molecule has 126 valence electrons. The maximum atomic E-state index is 12.5. The summed E-state index contributed by atoms with van der Waals surface area (Å²) in [6.07, 6.45) is 2.15. The van der Waals surface area contributed by atoms with E-state index in [0.29, 0.717) is 18.7 Å². The number of furan rings is 1. The first-order valence-electron chi connectivity index (χ1n) is 7.48. The van der Waals surface area contributed by atoms with E-state index in [1.165, 1.54) is 6.26 Å². The van der Waals surface area contributed by atoms with E-state index in [1.807, 2.05) is 17.5 Å². The first-order valence-corrected chi connectivity index (χ1v) is 8.36. The average Bonchev–Trinajstić information content (AvgIpc) is 3.27. The van der Waals surface area contributed by atoms with Gasteiger partial charge >= 0.3 is 6.03 Å². The summed E-state index contributed by atoms with van der Waals surface area (Å²) in [4.78, 5) is 38.7. The molecule has 1 saturated heterocycles. The first kappa shape index (κ1) is 16.3. The number of imide groups is 1. The van der Waals surface area contributed by atoms with E-state index in [-0.39, 0.29) is 12.5 Å². The Labute approximate surface area is 142 Å². The van der Waals surface area contributed by atoms with E-state index in [1.54, 1.807) is 30.4 Å². The van der Waals surface area contributed by atoms with Gasteiger partial charge in [0.25, 0.3) is 5.91 Å². The third-order valence-electron chi connectivity index (χ3n) is 3.86.